The maximum absolute atomic E-state index is 9.80. The molecular formula is C9H21AlO12. The summed E-state index contributed by atoms with van der Waals surface area (Å²) in [7, 11) is 0. The van der Waals surface area contributed by atoms with Gasteiger partial charge < -0.3 is 61.3 Å². The standard InChI is InChI=1S/3C3H7O4.Al/c3*1-2(4)3(5,6)7;/h3*2,5-7H,1H3;/q3*-1;+3. The molecular weight excluding hydrogens is 327 g/mol. The fourth-order valence-corrected chi connectivity index (χ4v) is 0. The second-order valence-corrected chi connectivity index (χ2v) is 3.99. The maximum atomic E-state index is 9.80. The van der Waals surface area contributed by atoms with E-state index in [1.807, 2.05) is 0 Å². The summed E-state index contributed by atoms with van der Waals surface area (Å²) in [5.74, 6) is -9.17. The van der Waals surface area contributed by atoms with E-state index in [9.17, 15) is 15.3 Å². The Hall–Kier alpha value is 0.0525. The van der Waals surface area contributed by atoms with Crippen molar-refractivity contribution in [3.05, 3.63) is 0 Å². The Morgan fingerprint density at radius 3 is 0.545 bits per heavy atom. The molecule has 9 N–H and O–H groups in total. The summed E-state index contributed by atoms with van der Waals surface area (Å²) >= 11 is 0. The minimum atomic E-state index is -3.06. The molecule has 0 saturated carbocycles. The summed E-state index contributed by atoms with van der Waals surface area (Å²) in [5, 5.41) is 100. The van der Waals surface area contributed by atoms with Crippen molar-refractivity contribution in [1.82, 2.24) is 0 Å². The average molecular weight is 348 g/mol. The smallest absolute Gasteiger partial charge is 0.846 e. The first-order chi connectivity index (χ1) is 8.83. The molecule has 0 aromatic heterocycles. The summed E-state index contributed by atoms with van der Waals surface area (Å²) in [6.07, 6.45) is -5.35. The molecule has 0 fully saturated rings. The van der Waals surface area contributed by atoms with Crippen LogP contribution >= 0.6 is 0 Å². The van der Waals surface area contributed by atoms with E-state index >= 15 is 0 Å². The van der Waals surface area contributed by atoms with E-state index in [0.29, 0.717) is 0 Å². The zero-order valence-corrected chi connectivity index (χ0v) is 13.2. The van der Waals surface area contributed by atoms with Gasteiger partial charge in [0.15, 0.2) is 0 Å². The van der Waals surface area contributed by atoms with Gasteiger partial charge in [-0.25, -0.2) is 0 Å². The third-order valence-electron chi connectivity index (χ3n) is 1.64. The van der Waals surface area contributed by atoms with Gasteiger partial charge in [0.25, 0.3) is 17.9 Å². The molecule has 22 heavy (non-hydrogen) atoms. The molecule has 3 unspecified atom stereocenters. The SMILES string of the molecule is CC([O-])C(O)(O)O.CC([O-])C(O)(O)O.CC([O-])C(O)(O)O.[Al+3]. The van der Waals surface area contributed by atoms with E-state index in [1.165, 1.54) is 0 Å². The number of hydrogen-bond acceptors (Lipinski definition) is 12. The van der Waals surface area contributed by atoms with Gasteiger partial charge in [0, 0.05) is 0 Å². The second kappa shape index (κ2) is 11.6. The van der Waals surface area contributed by atoms with Gasteiger partial charge in [0.1, 0.15) is 0 Å². The van der Waals surface area contributed by atoms with Crippen LogP contribution in [0.4, 0.5) is 0 Å². The molecule has 12 nitrogen and oxygen atoms in total. The van der Waals surface area contributed by atoms with E-state index in [4.69, 9.17) is 46.0 Å². The van der Waals surface area contributed by atoms with E-state index in [1.54, 1.807) is 0 Å². The van der Waals surface area contributed by atoms with Crippen LogP contribution in [0.5, 0.6) is 0 Å². The molecule has 0 heterocycles. The molecule has 0 rings (SSSR count). The molecule has 0 spiro atoms. The van der Waals surface area contributed by atoms with Gasteiger partial charge in [-0.05, 0) is 18.3 Å². The van der Waals surface area contributed by atoms with Crippen LogP contribution in [0.25, 0.3) is 0 Å². The number of hydrogen-bond donors (Lipinski definition) is 9. The Morgan fingerprint density at radius 1 is 0.500 bits per heavy atom. The minimum Gasteiger partial charge on any atom is -0.846 e. The third kappa shape index (κ3) is 22.3. The molecule has 0 radical (unpaired) electrons. The quantitative estimate of drug-likeness (QED) is 0.170. The monoisotopic (exact) mass is 348 g/mol. The summed E-state index contributed by atoms with van der Waals surface area (Å²) < 4.78 is 0. The average Bonchev–Trinajstić information content (AvgIpc) is 2.14. The van der Waals surface area contributed by atoms with Gasteiger partial charge in [-0.1, -0.05) is 20.8 Å². The fraction of sp³-hybridized carbons (Fsp3) is 1.00. The molecule has 0 aliphatic carbocycles. The van der Waals surface area contributed by atoms with E-state index in [0.717, 1.165) is 20.8 Å². The first-order valence-corrected chi connectivity index (χ1v) is 5.32. The van der Waals surface area contributed by atoms with Crippen molar-refractivity contribution in [2.75, 3.05) is 0 Å². The summed E-state index contributed by atoms with van der Waals surface area (Å²) in [4.78, 5) is 0. The molecule has 0 aromatic carbocycles. The van der Waals surface area contributed by atoms with Crippen molar-refractivity contribution >= 4 is 17.4 Å². The minimum absolute atomic E-state index is 0. The summed E-state index contributed by atoms with van der Waals surface area (Å²) in [6.45, 7) is 2.83. The van der Waals surface area contributed by atoms with Gasteiger partial charge in [-0.2, -0.15) is 0 Å². The van der Waals surface area contributed by atoms with Gasteiger partial charge in [-0.15, -0.1) is 0 Å². The Balaban J connectivity index is -0.000000108. The van der Waals surface area contributed by atoms with Crippen molar-refractivity contribution in [2.45, 2.75) is 57.0 Å². The Bertz CT molecular complexity index is 206. The topological polar surface area (TPSA) is 251 Å². The largest absolute Gasteiger partial charge is 3.00 e. The first-order valence-electron chi connectivity index (χ1n) is 5.32. The molecule has 0 aromatic rings. The van der Waals surface area contributed by atoms with Crippen LogP contribution in [-0.4, -0.2) is 99.6 Å². The Kier molecular flexibility index (Phi) is 15.8. The van der Waals surface area contributed by atoms with Crippen molar-refractivity contribution in [1.29, 1.82) is 0 Å². The molecule has 0 aliphatic heterocycles. The predicted octanol–water partition coefficient (Wildman–Crippen LogP) is -8.28. The van der Waals surface area contributed by atoms with Crippen LogP contribution in [-0.2, 0) is 0 Å². The second-order valence-electron chi connectivity index (χ2n) is 3.99. The van der Waals surface area contributed by atoms with E-state index in [-0.39, 0.29) is 17.4 Å². The number of aliphatic hydroxyl groups is 9. The third-order valence-corrected chi connectivity index (χ3v) is 1.64. The van der Waals surface area contributed by atoms with Gasteiger partial charge in [0.05, 0.1) is 0 Å². The molecule has 132 valence electrons. The van der Waals surface area contributed by atoms with Crippen LogP contribution in [0.2, 0.25) is 0 Å². The van der Waals surface area contributed by atoms with Crippen LogP contribution in [0, 0.1) is 0 Å². The van der Waals surface area contributed by atoms with Crippen LogP contribution in [0.15, 0.2) is 0 Å². The Morgan fingerprint density at radius 2 is 0.545 bits per heavy atom. The van der Waals surface area contributed by atoms with E-state index < -0.39 is 36.2 Å². The first kappa shape index (κ1) is 30.0. The van der Waals surface area contributed by atoms with Crippen LogP contribution < -0.4 is 15.3 Å². The molecule has 0 aliphatic rings. The fourth-order valence-electron chi connectivity index (χ4n) is 0. The molecule has 0 amide bonds. The normalized spacial score (nSPS) is 16.0. The molecule has 0 saturated heterocycles. The Labute approximate surface area is 136 Å². The van der Waals surface area contributed by atoms with Crippen molar-refractivity contribution in [2.24, 2.45) is 0 Å². The van der Waals surface area contributed by atoms with Gasteiger partial charge in [0.2, 0.25) is 0 Å². The zero-order valence-electron chi connectivity index (χ0n) is 12.1. The van der Waals surface area contributed by atoms with Gasteiger partial charge >= 0.3 is 17.4 Å². The van der Waals surface area contributed by atoms with Crippen molar-refractivity contribution in [3.8, 4) is 0 Å². The summed E-state index contributed by atoms with van der Waals surface area (Å²) in [6, 6.07) is 0. The maximum Gasteiger partial charge on any atom is 3.00 e. The summed E-state index contributed by atoms with van der Waals surface area (Å²) in [5.41, 5.74) is 0. The van der Waals surface area contributed by atoms with Crippen molar-refractivity contribution < 1.29 is 61.3 Å². The zero-order chi connectivity index (χ0) is 18.2. The van der Waals surface area contributed by atoms with E-state index in [2.05, 4.69) is 0 Å². The predicted molar refractivity (Wildman–Crippen MR) is 62.3 cm³/mol. The molecule has 3 atom stereocenters. The number of rotatable bonds is 3. The van der Waals surface area contributed by atoms with Gasteiger partial charge in [-0.3, -0.25) is 0 Å². The van der Waals surface area contributed by atoms with Crippen molar-refractivity contribution in [3.63, 3.8) is 0 Å². The molecule has 13 heteroatoms. The van der Waals surface area contributed by atoms with Crippen LogP contribution in [0.3, 0.4) is 0 Å². The van der Waals surface area contributed by atoms with Crippen LogP contribution in [0.1, 0.15) is 20.8 Å². The molecule has 0 bridgehead atoms.